The summed E-state index contributed by atoms with van der Waals surface area (Å²) < 4.78 is 0. The highest BCUT2D eigenvalue weighted by Crippen LogP contribution is 2.68. The lowest BCUT2D eigenvalue weighted by Crippen LogP contribution is -2.41. The number of nitrogens with zero attached hydrogens (tertiary/aromatic N) is 1. The topological polar surface area (TPSA) is 69.6 Å². The van der Waals surface area contributed by atoms with Gasteiger partial charge >= 0.3 is 0 Å². The molecule has 4 fully saturated rings. The number of phenols is 1. The van der Waals surface area contributed by atoms with Gasteiger partial charge in [0.2, 0.25) is 5.91 Å². The molecule has 3 aliphatic carbocycles. The standard InChI is InChI=1S/C22H28N2O3/c1-11-13(5-4-6-17(11)25)21(27)24-8-7-14-18(19(14)24)23-20(26)12-9-15-16(10-12)22(15,2)3/h4-6,12,14-16,18-19,25H,7-10H2,1-3H3,(H,23,26)/t12?,14-,15-,16+,18-,19-/m1/s1. The van der Waals surface area contributed by atoms with Crippen LogP contribution < -0.4 is 5.32 Å². The maximum atomic E-state index is 13.0. The van der Waals surface area contributed by atoms with Crippen LogP contribution in [0.4, 0.5) is 0 Å². The maximum Gasteiger partial charge on any atom is 0.254 e. The number of fused-ring (bicyclic) bond motifs is 2. The number of amides is 2. The normalized spacial score (nSPS) is 37.5. The molecule has 1 saturated heterocycles. The van der Waals surface area contributed by atoms with Crippen molar-refractivity contribution in [3.05, 3.63) is 29.3 Å². The van der Waals surface area contributed by atoms with Crippen molar-refractivity contribution in [2.24, 2.45) is 29.1 Å². The van der Waals surface area contributed by atoms with E-state index >= 15 is 0 Å². The van der Waals surface area contributed by atoms with Crippen molar-refractivity contribution in [1.82, 2.24) is 10.2 Å². The van der Waals surface area contributed by atoms with Gasteiger partial charge in [-0.3, -0.25) is 9.59 Å². The molecule has 6 atom stereocenters. The Morgan fingerprint density at radius 2 is 1.93 bits per heavy atom. The van der Waals surface area contributed by atoms with Crippen LogP contribution in [-0.2, 0) is 4.79 Å². The zero-order chi connectivity index (χ0) is 19.1. The van der Waals surface area contributed by atoms with Gasteiger partial charge < -0.3 is 15.3 Å². The number of phenolic OH excluding ortho intramolecular Hbond substituents is 1. The van der Waals surface area contributed by atoms with E-state index in [0.717, 1.165) is 37.6 Å². The minimum atomic E-state index is -0.0310. The molecular weight excluding hydrogens is 340 g/mol. The van der Waals surface area contributed by atoms with Gasteiger partial charge in [-0.05, 0) is 55.6 Å². The number of hydrogen-bond donors (Lipinski definition) is 2. The molecule has 0 radical (unpaired) electrons. The minimum absolute atomic E-state index is 0.0310. The van der Waals surface area contributed by atoms with E-state index in [2.05, 4.69) is 19.2 Å². The predicted molar refractivity (Wildman–Crippen MR) is 101 cm³/mol. The van der Waals surface area contributed by atoms with E-state index in [9.17, 15) is 14.7 Å². The van der Waals surface area contributed by atoms with E-state index in [1.54, 1.807) is 25.1 Å². The largest absolute Gasteiger partial charge is 0.508 e. The van der Waals surface area contributed by atoms with Gasteiger partial charge in [-0.1, -0.05) is 19.9 Å². The smallest absolute Gasteiger partial charge is 0.254 e. The van der Waals surface area contributed by atoms with Crippen molar-refractivity contribution < 1.29 is 14.7 Å². The van der Waals surface area contributed by atoms with Gasteiger partial charge in [-0.15, -0.1) is 0 Å². The number of piperidine rings is 1. The Kier molecular flexibility index (Phi) is 3.47. The fourth-order valence-corrected chi connectivity index (χ4v) is 6.01. The van der Waals surface area contributed by atoms with Crippen LogP contribution in [0.3, 0.4) is 0 Å². The summed E-state index contributed by atoms with van der Waals surface area (Å²) in [4.78, 5) is 27.6. The van der Waals surface area contributed by atoms with E-state index in [1.165, 1.54) is 0 Å². The molecule has 1 heterocycles. The van der Waals surface area contributed by atoms with Crippen LogP contribution in [0.25, 0.3) is 0 Å². The lowest BCUT2D eigenvalue weighted by atomic mass is 9.92. The number of rotatable bonds is 3. The molecule has 5 nitrogen and oxygen atoms in total. The van der Waals surface area contributed by atoms with Crippen molar-refractivity contribution in [2.45, 2.75) is 52.1 Å². The lowest BCUT2D eigenvalue weighted by Gasteiger charge is -2.23. The summed E-state index contributed by atoms with van der Waals surface area (Å²) in [6.45, 7) is 7.13. The average Bonchev–Trinajstić information content (AvgIpc) is 3.22. The third-order valence-electron chi connectivity index (χ3n) is 8.03. The van der Waals surface area contributed by atoms with Gasteiger partial charge in [-0.25, -0.2) is 0 Å². The molecule has 2 N–H and O–H groups in total. The third kappa shape index (κ3) is 2.43. The molecule has 1 aromatic carbocycles. The van der Waals surface area contributed by atoms with Crippen LogP contribution in [-0.4, -0.2) is 40.4 Å². The third-order valence-corrected chi connectivity index (χ3v) is 8.03. The quantitative estimate of drug-likeness (QED) is 0.862. The second-order valence-corrected chi connectivity index (χ2v) is 9.63. The van der Waals surface area contributed by atoms with Crippen LogP contribution in [0.5, 0.6) is 5.75 Å². The summed E-state index contributed by atoms with van der Waals surface area (Å²) in [6.07, 6.45) is 3.00. The number of likely N-dealkylation sites (tertiary alicyclic amines) is 1. The monoisotopic (exact) mass is 368 g/mol. The molecule has 5 rings (SSSR count). The molecule has 2 amide bonds. The number of aromatic hydroxyl groups is 1. The van der Waals surface area contributed by atoms with Gasteiger partial charge in [0.1, 0.15) is 5.75 Å². The Bertz CT molecular complexity index is 819. The molecule has 5 heteroatoms. The summed E-state index contributed by atoms with van der Waals surface area (Å²) >= 11 is 0. The first-order chi connectivity index (χ1) is 12.8. The second-order valence-electron chi connectivity index (χ2n) is 9.63. The summed E-state index contributed by atoms with van der Waals surface area (Å²) in [7, 11) is 0. The average molecular weight is 368 g/mol. The first-order valence-corrected chi connectivity index (χ1v) is 10.2. The van der Waals surface area contributed by atoms with Crippen molar-refractivity contribution in [3.63, 3.8) is 0 Å². The fourth-order valence-electron chi connectivity index (χ4n) is 6.01. The summed E-state index contributed by atoms with van der Waals surface area (Å²) in [5.74, 6) is 2.31. The van der Waals surface area contributed by atoms with Crippen LogP contribution in [0, 0.1) is 36.0 Å². The molecule has 1 aliphatic heterocycles. The van der Waals surface area contributed by atoms with Gasteiger partial charge in [0.25, 0.3) is 5.91 Å². The summed E-state index contributed by atoms with van der Waals surface area (Å²) in [6, 6.07) is 5.32. The number of carbonyl (C=O) groups is 2. The lowest BCUT2D eigenvalue weighted by molar-refractivity contribution is -0.125. The fraction of sp³-hybridized carbons (Fsp3) is 0.636. The highest BCUT2D eigenvalue weighted by atomic mass is 16.3. The zero-order valence-electron chi connectivity index (χ0n) is 16.2. The van der Waals surface area contributed by atoms with Gasteiger partial charge in [-0.2, -0.15) is 0 Å². The molecule has 27 heavy (non-hydrogen) atoms. The van der Waals surface area contributed by atoms with Gasteiger partial charge in [0.05, 0.1) is 12.1 Å². The zero-order valence-corrected chi connectivity index (χ0v) is 16.2. The van der Waals surface area contributed by atoms with E-state index in [-0.39, 0.29) is 35.6 Å². The first kappa shape index (κ1) is 17.1. The van der Waals surface area contributed by atoms with Crippen LogP contribution in [0.2, 0.25) is 0 Å². The number of hydrogen-bond acceptors (Lipinski definition) is 3. The molecule has 1 aromatic rings. The molecule has 144 valence electrons. The Balaban J connectivity index is 1.22. The van der Waals surface area contributed by atoms with Crippen LogP contribution in [0.1, 0.15) is 49.0 Å². The maximum absolute atomic E-state index is 13.0. The van der Waals surface area contributed by atoms with E-state index < -0.39 is 0 Å². The number of nitrogens with one attached hydrogen (secondary N) is 1. The van der Waals surface area contributed by atoms with Crippen molar-refractivity contribution in [1.29, 1.82) is 0 Å². The van der Waals surface area contributed by atoms with E-state index in [1.807, 2.05) is 4.90 Å². The second kappa shape index (κ2) is 5.49. The van der Waals surface area contributed by atoms with Crippen LogP contribution >= 0.6 is 0 Å². The van der Waals surface area contributed by atoms with Crippen molar-refractivity contribution in [3.8, 4) is 5.75 Å². The summed E-state index contributed by atoms with van der Waals surface area (Å²) in [5.41, 5.74) is 1.63. The Morgan fingerprint density at radius 3 is 2.63 bits per heavy atom. The van der Waals surface area contributed by atoms with Gasteiger partial charge in [0, 0.05) is 29.5 Å². The Labute approximate surface area is 160 Å². The molecule has 0 aromatic heterocycles. The van der Waals surface area contributed by atoms with Gasteiger partial charge in [0.15, 0.2) is 0 Å². The molecule has 0 bridgehead atoms. The highest BCUT2D eigenvalue weighted by Gasteiger charge is 2.64. The summed E-state index contributed by atoms with van der Waals surface area (Å²) in [5, 5.41) is 13.1. The number of carbonyl (C=O) groups excluding carboxylic acids is 2. The Morgan fingerprint density at radius 1 is 1.22 bits per heavy atom. The molecule has 0 spiro atoms. The Hall–Kier alpha value is -2.04. The van der Waals surface area contributed by atoms with Crippen molar-refractivity contribution >= 4 is 11.8 Å². The van der Waals surface area contributed by atoms with Crippen molar-refractivity contribution in [2.75, 3.05) is 6.54 Å². The molecular formula is C22H28N2O3. The molecule has 4 aliphatic rings. The predicted octanol–water partition coefficient (Wildman–Crippen LogP) is 2.71. The number of benzene rings is 1. The highest BCUT2D eigenvalue weighted by molar-refractivity contribution is 5.97. The van der Waals surface area contributed by atoms with Crippen LogP contribution in [0.15, 0.2) is 18.2 Å². The molecule has 1 unspecified atom stereocenters. The first-order valence-electron chi connectivity index (χ1n) is 10.2. The van der Waals surface area contributed by atoms with E-state index in [4.69, 9.17) is 0 Å². The SMILES string of the molecule is Cc1c(O)cccc1C(=O)N1CC[C@@H]2[C@@H](NC(=O)C3C[C@@H]4[C@H](C3)C4(C)C)[C@@H]21. The minimum Gasteiger partial charge on any atom is -0.508 e. The molecule has 3 saturated carbocycles. The van der Waals surface area contributed by atoms with E-state index in [0.29, 0.717) is 22.5 Å².